The summed E-state index contributed by atoms with van der Waals surface area (Å²) in [4.78, 5) is 0. The second-order valence-electron chi connectivity index (χ2n) is 2.49. The van der Waals surface area contributed by atoms with Crippen molar-refractivity contribution >= 4 is 5.69 Å². The molecular formula is C8H9N. The summed E-state index contributed by atoms with van der Waals surface area (Å²) in [6.45, 7) is 0. The molecule has 0 aromatic heterocycles. The molecule has 0 unspecified atom stereocenters. The highest BCUT2D eigenvalue weighted by molar-refractivity contribution is 5.57. The Bertz CT molecular complexity index is 218. The number of benzene rings is 1. The standard InChI is InChI=1S/C8H9N/c9-8-6-2-1-3-7(8)5-4-6/h1-3H,4-5,9H2. The van der Waals surface area contributed by atoms with Gasteiger partial charge in [0, 0.05) is 5.69 Å². The van der Waals surface area contributed by atoms with Crippen LogP contribution in [0, 0.1) is 0 Å². The zero-order chi connectivity index (χ0) is 6.27. The highest BCUT2D eigenvalue weighted by Gasteiger charge is 2.11. The SMILES string of the molecule is Nc1c2cccc1CC2. The van der Waals surface area contributed by atoms with E-state index in [4.69, 9.17) is 5.73 Å². The van der Waals surface area contributed by atoms with Crippen LogP contribution in [0.4, 0.5) is 5.69 Å². The third kappa shape index (κ3) is 0.545. The lowest BCUT2D eigenvalue weighted by Crippen LogP contribution is -1.87. The zero-order valence-electron chi connectivity index (χ0n) is 5.22. The molecule has 0 aliphatic heterocycles. The molecule has 0 radical (unpaired) electrons. The van der Waals surface area contributed by atoms with Crippen molar-refractivity contribution in [1.29, 1.82) is 0 Å². The minimum absolute atomic E-state index is 1.03. The van der Waals surface area contributed by atoms with Gasteiger partial charge in [0.05, 0.1) is 0 Å². The van der Waals surface area contributed by atoms with E-state index in [1.165, 1.54) is 11.1 Å². The fraction of sp³-hybridized carbons (Fsp3) is 0.250. The molecule has 1 heteroatoms. The van der Waals surface area contributed by atoms with Gasteiger partial charge in [-0.25, -0.2) is 0 Å². The maximum absolute atomic E-state index is 5.74. The summed E-state index contributed by atoms with van der Waals surface area (Å²) in [7, 11) is 0. The predicted molar refractivity (Wildman–Crippen MR) is 38.3 cm³/mol. The Labute approximate surface area is 54.5 Å². The molecule has 9 heavy (non-hydrogen) atoms. The summed E-state index contributed by atoms with van der Waals surface area (Å²) in [5.74, 6) is 0. The van der Waals surface area contributed by atoms with Gasteiger partial charge >= 0.3 is 0 Å². The van der Waals surface area contributed by atoms with Crippen molar-refractivity contribution < 1.29 is 0 Å². The van der Waals surface area contributed by atoms with Crippen LogP contribution in [0.1, 0.15) is 11.1 Å². The highest BCUT2D eigenvalue weighted by atomic mass is 14.6. The van der Waals surface area contributed by atoms with E-state index in [1.807, 2.05) is 0 Å². The summed E-state index contributed by atoms with van der Waals surface area (Å²) < 4.78 is 0. The van der Waals surface area contributed by atoms with E-state index >= 15 is 0 Å². The number of hydrogen-bond donors (Lipinski definition) is 1. The fourth-order valence-electron chi connectivity index (χ4n) is 1.37. The van der Waals surface area contributed by atoms with Crippen LogP contribution in [-0.4, -0.2) is 0 Å². The maximum atomic E-state index is 5.74. The molecule has 2 rings (SSSR count). The molecule has 1 nitrogen and oxygen atoms in total. The highest BCUT2D eigenvalue weighted by Crippen LogP contribution is 2.26. The van der Waals surface area contributed by atoms with Crippen molar-refractivity contribution in [3.8, 4) is 0 Å². The molecule has 1 aromatic rings. The van der Waals surface area contributed by atoms with Gasteiger partial charge in [0.2, 0.25) is 0 Å². The fourth-order valence-corrected chi connectivity index (χ4v) is 1.37. The molecule has 0 saturated carbocycles. The third-order valence-electron chi connectivity index (χ3n) is 1.95. The lowest BCUT2D eigenvalue weighted by Gasteiger charge is -1.94. The number of anilines is 1. The smallest absolute Gasteiger partial charge is 0.0379 e. The van der Waals surface area contributed by atoms with Gasteiger partial charge in [0.15, 0.2) is 0 Å². The average molecular weight is 119 g/mol. The van der Waals surface area contributed by atoms with Crippen molar-refractivity contribution in [1.82, 2.24) is 0 Å². The second-order valence-corrected chi connectivity index (χ2v) is 2.49. The molecular weight excluding hydrogens is 110 g/mol. The van der Waals surface area contributed by atoms with Crippen LogP contribution >= 0.6 is 0 Å². The Morgan fingerprint density at radius 2 is 1.67 bits per heavy atom. The van der Waals surface area contributed by atoms with Crippen LogP contribution in [-0.2, 0) is 12.8 Å². The number of nitrogens with two attached hydrogens (primary N) is 1. The number of para-hydroxylation sites is 1. The molecule has 0 saturated heterocycles. The van der Waals surface area contributed by atoms with Crippen molar-refractivity contribution in [3.05, 3.63) is 29.3 Å². The monoisotopic (exact) mass is 119 g/mol. The topological polar surface area (TPSA) is 26.0 Å². The Balaban J connectivity index is 2.71. The van der Waals surface area contributed by atoms with Crippen molar-refractivity contribution in [2.45, 2.75) is 12.8 Å². The summed E-state index contributed by atoms with van der Waals surface area (Å²) in [5, 5.41) is 0. The number of rotatable bonds is 0. The van der Waals surface area contributed by atoms with Gasteiger partial charge in [0.1, 0.15) is 0 Å². The molecule has 1 aromatic carbocycles. The number of fused-ring (bicyclic) bond motifs is 2. The second kappa shape index (κ2) is 1.50. The lowest BCUT2D eigenvalue weighted by atomic mass is 10.2. The van der Waals surface area contributed by atoms with Crippen LogP contribution in [0.15, 0.2) is 18.2 Å². The lowest BCUT2D eigenvalue weighted by molar-refractivity contribution is 1.03. The van der Waals surface area contributed by atoms with Crippen LogP contribution in [0.25, 0.3) is 0 Å². The third-order valence-corrected chi connectivity index (χ3v) is 1.95. The number of aryl methyl sites for hydroxylation is 2. The Kier molecular flexibility index (Phi) is 0.810. The summed E-state index contributed by atoms with van der Waals surface area (Å²) in [5.41, 5.74) is 9.42. The van der Waals surface area contributed by atoms with Gasteiger partial charge in [-0.05, 0) is 24.0 Å². The Hall–Kier alpha value is -0.980. The largest absolute Gasteiger partial charge is 0.398 e. The molecule has 1 aliphatic carbocycles. The van der Waals surface area contributed by atoms with Crippen LogP contribution in [0.5, 0.6) is 0 Å². The van der Waals surface area contributed by atoms with Gasteiger partial charge in [0.25, 0.3) is 0 Å². The zero-order valence-corrected chi connectivity index (χ0v) is 5.22. The van der Waals surface area contributed by atoms with Gasteiger partial charge in [-0.15, -0.1) is 0 Å². The van der Waals surface area contributed by atoms with E-state index in [-0.39, 0.29) is 0 Å². The molecule has 0 atom stereocenters. The molecule has 0 amide bonds. The molecule has 1 aliphatic rings. The van der Waals surface area contributed by atoms with E-state index in [1.54, 1.807) is 0 Å². The molecule has 46 valence electrons. The van der Waals surface area contributed by atoms with Crippen molar-refractivity contribution in [2.75, 3.05) is 5.73 Å². The normalized spacial score (nSPS) is 14.2. The molecule has 2 N–H and O–H groups in total. The van der Waals surface area contributed by atoms with Crippen LogP contribution in [0.3, 0.4) is 0 Å². The first-order valence-corrected chi connectivity index (χ1v) is 3.24. The Morgan fingerprint density at radius 3 is 2.11 bits per heavy atom. The van der Waals surface area contributed by atoms with Crippen molar-refractivity contribution in [3.63, 3.8) is 0 Å². The molecule has 0 spiro atoms. The Morgan fingerprint density at radius 1 is 1.11 bits per heavy atom. The summed E-state index contributed by atoms with van der Waals surface area (Å²) in [6, 6.07) is 6.28. The van der Waals surface area contributed by atoms with Crippen LogP contribution < -0.4 is 5.73 Å². The number of hydrogen-bond acceptors (Lipinski definition) is 1. The molecule has 0 fully saturated rings. The minimum atomic E-state index is 1.03. The molecule has 2 bridgehead atoms. The maximum Gasteiger partial charge on any atom is 0.0379 e. The first kappa shape index (κ1) is 4.86. The first-order valence-electron chi connectivity index (χ1n) is 3.24. The van der Waals surface area contributed by atoms with E-state index in [2.05, 4.69) is 18.2 Å². The quantitative estimate of drug-likeness (QED) is 0.513. The van der Waals surface area contributed by atoms with Crippen LogP contribution in [0.2, 0.25) is 0 Å². The first-order chi connectivity index (χ1) is 4.38. The van der Waals surface area contributed by atoms with E-state index in [0.29, 0.717) is 0 Å². The summed E-state index contributed by atoms with van der Waals surface area (Å²) in [6.07, 6.45) is 2.29. The number of nitrogen functional groups attached to an aromatic ring is 1. The van der Waals surface area contributed by atoms with Gasteiger partial charge < -0.3 is 5.73 Å². The molecule has 0 heterocycles. The van der Waals surface area contributed by atoms with E-state index in [9.17, 15) is 0 Å². The minimum Gasteiger partial charge on any atom is -0.398 e. The summed E-state index contributed by atoms with van der Waals surface area (Å²) >= 11 is 0. The van der Waals surface area contributed by atoms with E-state index in [0.717, 1.165) is 18.5 Å². The predicted octanol–water partition coefficient (Wildman–Crippen LogP) is 1.37. The van der Waals surface area contributed by atoms with Gasteiger partial charge in [-0.3, -0.25) is 0 Å². The van der Waals surface area contributed by atoms with Crippen molar-refractivity contribution in [2.24, 2.45) is 0 Å². The van der Waals surface area contributed by atoms with Gasteiger partial charge in [-0.2, -0.15) is 0 Å². The average Bonchev–Trinajstić information content (AvgIpc) is 2.19. The van der Waals surface area contributed by atoms with E-state index < -0.39 is 0 Å². The van der Waals surface area contributed by atoms with Gasteiger partial charge in [-0.1, -0.05) is 18.2 Å².